The van der Waals surface area contributed by atoms with Crippen LogP contribution in [0.2, 0.25) is 0 Å². The lowest BCUT2D eigenvalue weighted by atomic mass is 10.2. The molecule has 0 amide bonds. The number of hydrogen-bond donors (Lipinski definition) is 1. The minimum atomic E-state index is -2.76. The molecule has 1 heterocycles. The van der Waals surface area contributed by atoms with E-state index in [2.05, 4.69) is 4.90 Å². The summed E-state index contributed by atoms with van der Waals surface area (Å²) in [5.74, 6) is 0.666. The van der Waals surface area contributed by atoms with E-state index < -0.39 is 9.84 Å². The van der Waals surface area contributed by atoms with E-state index in [0.29, 0.717) is 11.5 Å². The maximum atomic E-state index is 11.3. The van der Waals surface area contributed by atoms with E-state index in [0.717, 1.165) is 25.8 Å². The summed E-state index contributed by atoms with van der Waals surface area (Å²) in [4.78, 5) is 2.12. The summed E-state index contributed by atoms with van der Waals surface area (Å²) < 4.78 is 22.5. The van der Waals surface area contributed by atoms with Crippen LogP contribution in [0, 0.1) is 0 Å². The molecule has 0 spiro atoms. The molecular formula is C9H18N2O2S. The first-order valence-electron chi connectivity index (χ1n) is 5.10. The molecular weight excluding hydrogens is 200 g/mol. The maximum Gasteiger partial charge on any atom is 0.151 e. The van der Waals surface area contributed by atoms with Gasteiger partial charge < -0.3 is 10.6 Å². The predicted molar refractivity (Wildman–Crippen MR) is 55.8 cm³/mol. The second-order valence-corrected chi connectivity index (χ2v) is 7.06. The normalized spacial score (nSPS) is 33.5. The van der Waals surface area contributed by atoms with Crippen molar-refractivity contribution in [2.45, 2.75) is 30.8 Å². The van der Waals surface area contributed by atoms with Crippen molar-refractivity contribution in [1.29, 1.82) is 0 Å². The van der Waals surface area contributed by atoms with Crippen molar-refractivity contribution in [2.24, 2.45) is 5.73 Å². The summed E-state index contributed by atoms with van der Waals surface area (Å²) in [5, 5.41) is 0. The van der Waals surface area contributed by atoms with E-state index in [4.69, 9.17) is 5.73 Å². The number of rotatable bonds is 3. The first-order valence-corrected chi connectivity index (χ1v) is 6.92. The minimum Gasteiger partial charge on any atom is -0.324 e. The van der Waals surface area contributed by atoms with Gasteiger partial charge in [-0.2, -0.15) is 0 Å². The second-order valence-electron chi connectivity index (χ2n) is 4.83. The monoisotopic (exact) mass is 218 g/mol. The zero-order valence-electron chi connectivity index (χ0n) is 8.57. The molecule has 14 heavy (non-hydrogen) atoms. The van der Waals surface area contributed by atoms with Crippen molar-refractivity contribution in [3.05, 3.63) is 0 Å². The first-order chi connectivity index (χ1) is 6.40. The standard InChI is InChI=1S/C9H18N2O2S/c1-11(7-9(10)3-4-9)8-2-5-14(12,13)6-8/h8H,2-7,10H2,1H3. The SMILES string of the molecule is CN(CC1(N)CC1)C1CCS(=O)(=O)C1. The van der Waals surface area contributed by atoms with Gasteiger partial charge in [-0.3, -0.25) is 0 Å². The zero-order chi connectivity index (χ0) is 10.4. The second kappa shape index (κ2) is 3.18. The van der Waals surface area contributed by atoms with Gasteiger partial charge in [0.25, 0.3) is 0 Å². The molecule has 82 valence electrons. The number of likely N-dealkylation sites (N-methyl/N-ethyl adjacent to an activating group) is 1. The van der Waals surface area contributed by atoms with E-state index in [-0.39, 0.29) is 11.6 Å². The molecule has 5 heteroatoms. The third-order valence-electron chi connectivity index (χ3n) is 3.29. The van der Waals surface area contributed by atoms with Crippen molar-refractivity contribution in [1.82, 2.24) is 4.90 Å². The van der Waals surface area contributed by atoms with Crippen molar-refractivity contribution < 1.29 is 8.42 Å². The Hall–Kier alpha value is -0.130. The fourth-order valence-corrected chi connectivity index (χ4v) is 3.87. The van der Waals surface area contributed by atoms with Crippen LogP contribution in [-0.2, 0) is 9.84 Å². The lowest BCUT2D eigenvalue weighted by Gasteiger charge is -2.26. The summed E-state index contributed by atoms with van der Waals surface area (Å²) >= 11 is 0. The molecule has 0 bridgehead atoms. The Morgan fingerprint density at radius 3 is 2.57 bits per heavy atom. The van der Waals surface area contributed by atoms with Gasteiger partial charge in [0, 0.05) is 18.1 Å². The van der Waals surface area contributed by atoms with Crippen LogP contribution >= 0.6 is 0 Å². The van der Waals surface area contributed by atoms with Crippen molar-refractivity contribution >= 4 is 9.84 Å². The largest absolute Gasteiger partial charge is 0.324 e. The van der Waals surface area contributed by atoms with E-state index in [9.17, 15) is 8.42 Å². The molecule has 4 nitrogen and oxygen atoms in total. The van der Waals surface area contributed by atoms with E-state index in [1.165, 1.54) is 0 Å². The van der Waals surface area contributed by atoms with Gasteiger partial charge in [-0.15, -0.1) is 0 Å². The first kappa shape index (κ1) is 10.4. The highest BCUT2D eigenvalue weighted by atomic mass is 32.2. The van der Waals surface area contributed by atoms with Crippen molar-refractivity contribution in [3.63, 3.8) is 0 Å². The smallest absolute Gasteiger partial charge is 0.151 e. The molecule has 1 atom stereocenters. The number of nitrogens with zero attached hydrogens (tertiary/aromatic N) is 1. The molecule has 2 fully saturated rings. The average Bonchev–Trinajstić information content (AvgIpc) is 2.64. The molecule has 0 radical (unpaired) electrons. The van der Waals surface area contributed by atoms with Gasteiger partial charge in [-0.1, -0.05) is 0 Å². The average molecular weight is 218 g/mol. The van der Waals surface area contributed by atoms with Gasteiger partial charge >= 0.3 is 0 Å². The summed E-state index contributed by atoms with van der Waals surface area (Å²) in [6.45, 7) is 0.840. The Balaban J connectivity index is 1.90. The number of nitrogens with two attached hydrogens (primary N) is 1. The van der Waals surface area contributed by atoms with Crippen molar-refractivity contribution in [2.75, 3.05) is 25.1 Å². The van der Waals surface area contributed by atoms with Gasteiger partial charge in [-0.05, 0) is 26.3 Å². The molecule has 2 N–H and O–H groups in total. The topological polar surface area (TPSA) is 63.4 Å². The molecule has 0 aromatic carbocycles. The number of hydrogen-bond acceptors (Lipinski definition) is 4. The highest BCUT2D eigenvalue weighted by Crippen LogP contribution is 2.33. The van der Waals surface area contributed by atoms with E-state index in [1.54, 1.807) is 0 Å². The fourth-order valence-electron chi connectivity index (χ4n) is 2.07. The van der Waals surface area contributed by atoms with Crippen LogP contribution in [0.15, 0.2) is 0 Å². The van der Waals surface area contributed by atoms with E-state index >= 15 is 0 Å². The van der Waals surface area contributed by atoms with Gasteiger partial charge in [0.15, 0.2) is 9.84 Å². The Morgan fingerprint density at radius 2 is 2.14 bits per heavy atom. The zero-order valence-corrected chi connectivity index (χ0v) is 9.39. The summed E-state index contributed by atoms with van der Waals surface area (Å²) in [5.41, 5.74) is 5.98. The van der Waals surface area contributed by atoms with Gasteiger partial charge in [0.2, 0.25) is 0 Å². The van der Waals surface area contributed by atoms with Gasteiger partial charge in [-0.25, -0.2) is 8.42 Å². The Labute approximate surface area is 85.4 Å². The van der Waals surface area contributed by atoms with Crippen LogP contribution in [-0.4, -0.2) is 50.0 Å². The highest BCUT2D eigenvalue weighted by molar-refractivity contribution is 7.91. The molecule has 1 aliphatic carbocycles. The number of sulfone groups is 1. The third kappa shape index (κ3) is 2.27. The summed E-state index contributed by atoms with van der Waals surface area (Å²) in [6.07, 6.45) is 2.93. The van der Waals surface area contributed by atoms with E-state index in [1.807, 2.05) is 7.05 Å². The molecule has 2 aliphatic rings. The summed E-state index contributed by atoms with van der Waals surface area (Å²) in [7, 11) is -0.774. The maximum absolute atomic E-state index is 11.3. The van der Waals surface area contributed by atoms with Crippen LogP contribution in [0.5, 0.6) is 0 Å². The molecule has 1 saturated carbocycles. The molecule has 0 aromatic rings. The lowest BCUT2D eigenvalue weighted by Crippen LogP contribution is -2.43. The Morgan fingerprint density at radius 1 is 1.50 bits per heavy atom. The van der Waals surface area contributed by atoms with Crippen LogP contribution in [0.4, 0.5) is 0 Å². The molecule has 1 saturated heterocycles. The van der Waals surface area contributed by atoms with Crippen LogP contribution in [0.25, 0.3) is 0 Å². The van der Waals surface area contributed by atoms with Crippen LogP contribution < -0.4 is 5.73 Å². The molecule has 2 rings (SSSR count). The summed E-state index contributed by atoms with van der Waals surface area (Å²) in [6, 6.07) is 0.195. The third-order valence-corrected chi connectivity index (χ3v) is 5.04. The van der Waals surface area contributed by atoms with Crippen LogP contribution in [0.3, 0.4) is 0 Å². The van der Waals surface area contributed by atoms with Crippen molar-refractivity contribution in [3.8, 4) is 0 Å². The predicted octanol–water partition coefficient (Wildman–Crippen LogP) is -0.403. The van der Waals surface area contributed by atoms with Crippen LogP contribution in [0.1, 0.15) is 19.3 Å². The lowest BCUT2D eigenvalue weighted by molar-refractivity contribution is 0.240. The minimum absolute atomic E-state index is 0.0128. The Kier molecular flexibility index (Phi) is 2.36. The molecule has 0 aromatic heterocycles. The Bertz CT molecular complexity index is 322. The molecule has 1 unspecified atom stereocenters. The fraction of sp³-hybridized carbons (Fsp3) is 1.00. The quantitative estimate of drug-likeness (QED) is 0.700. The van der Waals surface area contributed by atoms with Gasteiger partial charge in [0.1, 0.15) is 0 Å². The molecule has 1 aliphatic heterocycles. The van der Waals surface area contributed by atoms with Gasteiger partial charge in [0.05, 0.1) is 11.5 Å². The highest BCUT2D eigenvalue weighted by Gasteiger charge is 2.41.